The van der Waals surface area contributed by atoms with Crippen LogP contribution in [-0.2, 0) is 9.53 Å². The first-order chi connectivity index (χ1) is 16.4. The van der Waals surface area contributed by atoms with Gasteiger partial charge in [0, 0.05) is 67.1 Å². The molecule has 4 rings (SSSR count). The van der Waals surface area contributed by atoms with Crippen LogP contribution < -0.4 is 10.9 Å². The number of nitrogens with one attached hydrogen (secondary N) is 1. The number of nitrogens with zero attached hydrogens (tertiary/aromatic N) is 4. The van der Waals surface area contributed by atoms with E-state index >= 15 is 0 Å². The van der Waals surface area contributed by atoms with Crippen molar-refractivity contribution in [1.29, 1.82) is 5.26 Å². The molecule has 3 heterocycles. The van der Waals surface area contributed by atoms with E-state index in [1.165, 1.54) is 23.9 Å². The Bertz CT molecular complexity index is 1470. The number of halogens is 2. The van der Waals surface area contributed by atoms with Crippen molar-refractivity contribution in [2.75, 3.05) is 19.0 Å². The third kappa shape index (κ3) is 4.82. The molecule has 0 saturated carbocycles. The van der Waals surface area contributed by atoms with Gasteiger partial charge in [-0.2, -0.15) is 5.26 Å². The van der Waals surface area contributed by atoms with E-state index in [0.717, 1.165) is 5.65 Å². The largest absolute Gasteiger partial charge is 0.385 e. The lowest BCUT2D eigenvalue weighted by atomic mass is 10.0. The monoisotopic (exact) mass is 495 g/mol. The molecule has 8 nitrogen and oxygen atoms in total. The van der Waals surface area contributed by atoms with E-state index in [1.54, 1.807) is 53.3 Å². The number of amides is 1. The molecule has 0 radical (unpaired) electrons. The quantitative estimate of drug-likeness (QED) is 0.404. The molecule has 10 heteroatoms. The van der Waals surface area contributed by atoms with E-state index in [0.29, 0.717) is 27.4 Å². The first kappa shape index (κ1) is 23.5. The zero-order valence-electron chi connectivity index (χ0n) is 18.0. The molecule has 0 fully saturated rings. The molecule has 1 aromatic carbocycles. The summed E-state index contributed by atoms with van der Waals surface area (Å²) in [5.41, 5.74) is 1.96. The Hall–Kier alpha value is -3.64. The number of ether oxygens (including phenoxy) is 1. The van der Waals surface area contributed by atoms with Crippen molar-refractivity contribution in [3.8, 4) is 17.2 Å². The second-order valence-corrected chi connectivity index (χ2v) is 8.32. The van der Waals surface area contributed by atoms with Crippen LogP contribution in [0.5, 0.6) is 0 Å². The number of nitriles is 1. The molecule has 1 atom stereocenters. The summed E-state index contributed by atoms with van der Waals surface area (Å²) < 4.78 is 8.20. The summed E-state index contributed by atoms with van der Waals surface area (Å²) in [5.74, 6) is -0.400. The number of carbonyl (C=O) groups excluding carboxylic acids is 1. The van der Waals surface area contributed by atoms with Crippen LogP contribution in [0.25, 0.3) is 16.8 Å². The topological polar surface area (TPSA) is 101 Å². The number of pyridine rings is 2. The van der Waals surface area contributed by atoms with E-state index in [-0.39, 0.29) is 18.1 Å². The van der Waals surface area contributed by atoms with E-state index in [2.05, 4.69) is 16.4 Å². The van der Waals surface area contributed by atoms with Gasteiger partial charge in [-0.25, -0.2) is 4.98 Å². The van der Waals surface area contributed by atoms with Crippen LogP contribution in [0, 0.1) is 11.3 Å². The van der Waals surface area contributed by atoms with Crippen LogP contribution in [-0.4, -0.2) is 33.6 Å². The van der Waals surface area contributed by atoms with E-state index in [4.69, 9.17) is 27.9 Å². The van der Waals surface area contributed by atoms with Gasteiger partial charge in [0.1, 0.15) is 11.7 Å². The summed E-state index contributed by atoms with van der Waals surface area (Å²) in [7, 11) is 1.52. The third-order valence-electron chi connectivity index (χ3n) is 5.31. The highest BCUT2D eigenvalue weighted by Crippen LogP contribution is 2.32. The van der Waals surface area contributed by atoms with Gasteiger partial charge < -0.3 is 19.0 Å². The Morgan fingerprint density at radius 1 is 1.21 bits per heavy atom. The van der Waals surface area contributed by atoms with Crippen LogP contribution in [0.15, 0.2) is 66.0 Å². The molecule has 1 amide bonds. The number of hydrogen-bond acceptors (Lipinski definition) is 5. The number of imidazole rings is 1. The molecule has 0 aliphatic heterocycles. The highest BCUT2D eigenvalue weighted by atomic mass is 35.5. The minimum absolute atomic E-state index is 0.202. The average molecular weight is 496 g/mol. The van der Waals surface area contributed by atoms with Crippen LogP contribution in [0.1, 0.15) is 18.0 Å². The van der Waals surface area contributed by atoms with Gasteiger partial charge in [0.15, 0.2) is 0 Å². The van der Waals surface area contributed by atoms with Gasteiger partial charge in [0.25, 0.3) is 5.56 Å². The Labute approximate surface area is 204 Å². The molecule has 0 spiro atoms. The molecule has 0 saturated heterocycles. The lowest BCUT2D eigenvalue weighted by Gasteiger charge is -2.20. The highest BCUT2D eigenvalue weighted by molar-refractivity contribution is 6.33. The Kier molecular flexibility index (Phi) is 6.98. The lowest BCUT2D eigenvalue weighted by Crippen LogP contribution is -2.34. The minimum atomic E-state index is -0.882. The summed E-state index contributed by atoms with van der Waals surface area (Å²) >= 11 is 12.6. The van der Waals surface area contributed by atoms with Crippen LogP contribution in [0.2, 0.25) is 10.0 Å². The number of hydrogen-bond donors (Lipinski definition) is 1. The Balaban J connectivity index is 1.70. The van der Waals surface area contributed by atoms with Crippen molar-refractivity contribution >= 4 is 40.4 Å². The third-order valence-corrected chi connectivity index (χ3v) is 5.85. The summed E-state index contributed by atoms with van der Waals surface area (Å²) in [5, 5.41) is 12.9. The van der Waals surface area contributed by atoms with Gasteiger partial charge in [-0.3, -0.25) is 9.59 Å². The highest BCUT2D eigenvalue weighted by Gasteiger charge is 2.23. The van der Waals surface area contributed by atoms with Gasteiger partial charge >= 0.3 is 0 Å². The molecular formula is C24H19Cl2N5O3. The van der Waals surface area contributed by atoms with Gasteiger partial charge in [0.05, 0.1) is 22.3 Å². The first-order valence-electron chi connectivity index (χ1n) is 10.3. The van der Waals surface area contributed by atoms with Crippen LogP contribution >= 0.6 is 23.2 Å². The van der Waals surface area contributed by atoms with Gasteiger partial charge in [-0.15, -0.1) is 0 Å². The van der Waals surface area contributed by atoms with E-state index in [9.17, 15) is 14.9 Å². The summed E-state index contributed by atoms with van der Waals surface area (Å²) in [6.45, 7) is 0.247. The molecule has 0 aliphatic rings. The number of rotatable bonds is 7. The van der Waals surface area contributed by atoms with Crippen molar-refractivity contribution in [3.63, 3.8) is 0 Å². The van der Waals surface area contributed by atoms with E-state index in [1.807, 2.05) is 0 Å². The Morgan fingerprint density at radius 3 is 2.79 bits per heavy atom. The number of carbonyl (C=O) groups is 1. The molecular weight excluding hydrogens is 477 g/mol. The fourth-order valence-electron chi connectivity index (χ4n) is 3.65. The fourth-order valence-corrected chi connectivity index (χ4v) is 4.09. The molecule has 3 aromatic heterocycles. The van der Waals surface area contributed by atoms with Crippen LogP contribution in [0.3, 0.4) is 0 Å². The number of methoxy groups -OCH3 is 1. The SMILES string of the molecule is COCCC(C(=O)Nc1ccc2nccn2c1)n1cc(Cl)c(-c2cc(Cl)ccc2C#N)cc1=O. The zero-order valence-corrected chi connectivity index (χ0v) is 19.5. The second-order valence-electron chi connectivity index (χ2n) is 7.48. The van der Waals surface area contributed by atoms with Crippen molar-refractivity contribution in [1.82, 2.24) is 14.0 Å². The first-order valence-corrected chi connectivity index (χ1v) is 11.0. The molecule has 0 aliphatic carbocycles. The number of fused-ring (bicyclic) bond motifs is 1. The number of benzene rings is 1. The average Bonchev–Trinajstić information content (AvgIpc) is 3.29. The molecule has 4 aromatic rings. The molecule has 0 bridgehead atoms. The molecule has 172 valence electrons. The van der Waals surface area contributed by atoms with Gasteiger partial charge in [-0.1, -0.05) is 23.2 Å². The summed E-state index contributed by atoms with van der Waals surface area (Å²) in [6.07, 6.45) is 6.80. The maximum Gasteiger partial charge on any atom is 0.251 e. The summed E-state index contributed by atoms with van der Waals surface area (Å²) in [6, 6.07) is 10.7. The maximum atomic E-state index is 13.2. The summed E-state index contributed by atoms with van der Waals surface area (Å²) in [4.78, 5) is 30.5. The zero-order chi connectivity index (χ0) is 24.2. The van der Waals surface area contributed by atoms with Crippen LogP contribution in [0.4, 0.5) is 5.69 Å². The molecule has 1 unspecified atom stereocenters. The predicted octanol–water partition coefficient (Wildman–Crippen LogP) is 4.56. The standard InChI is InChI=1S/C24H19Cl2N5O3/c1-34-9-6-21(24(33)29-17-4-5-22-28-7-8-30(22)13-17)31-14-20(26)19(11-23(31)32)18-10-16(25)3-2-15(18)12-27/h2-5,7-8,10-11,13-14,21H,6,9H2,1H3,(H,29,33). The van der Waals surface area contributed by atoms with Crippen molar-refractivity contribution in [2.24, 2.45) is 0 Å². The molecule has 1 N–H and O–H groups in total. The fraction of sp³-hybridized carbons (Fsp3) is 0.167. The van der Waals surface area contributed by atoms with E-state index < -0.39 is 17.5 Å². The number of anilines is 1. The smallest absolute Gasteiger partial charge is 0.251 e. The second kappa shape index (κ2) is 10.1. The van der Waals surface area contributed by atoms with Gasteiger partial charge in [-0.05, 0) is 30.3 Å². The lowest BCUT2D eigenvalue weighted by molar-refractivity contribution is -0.119. The Morgan fingerprint density at radius 2 is 2.03 bits per heavy atom. The minimum Gasteiger partial charge on any atom is -0.385 e. The van der Waals surface area contributed by atoms with Crippen molar-refractivity contribution in [3.05, 3.63) is 87.1 Å². The van der Waals surface area contributed by atoms with Crippen molar-refractivity contribution < 1.29 is 9.53 Å². The predicted molar refractivity (Wildman–Crippen MR) is 130 cm³/mol. The van der Waals surface area contributed by atoms with Gasteiger partial charge in [0.2, 0.25) is 5.91 Å². The number of aromatic nitrogens is 3. The molecule has 34 heavy (non-hydrogen) atoms. The maximum absolute atomic E-state index is 13.2. The normalized spacial score (nSPS) is 11.8. The van der Waals surface area contributed by atoms with Crippen molar-refractivity contribution in [2.45, 2.75) is 12.5 Å².